The number of rotatable bonds is 7. The van der Waals surface area contributed by atoms with E-state index in [0.717, 1.165) is 16.0 Å². The molecule has 0 radical (unpaired) electrons. The summed E-state index contributed by atoms with van der Waals surface area (Å²) in [6.45, 7) is 3.79. The average molecular weight is 361 g/mol. The number of aliphatic carboxylic acids is 1. The predicted molar refractivity (Wildman–Crippen MR) is 95.9 cm³/mol. The lowest BCUT2D eigenvalue weighted by Gasteiger charge is -2.09. The predicted octanol–water partition coefficient (Wildman–Crippen LogP) is 3.70. The Kier molecular flexibility index (Phi) is 6.30. The van der Waals surface area contributed by atoms with Gasteiger partial charge in [0.05, 0.1) is 13.0 Å². The van der Waals surface area contributed by atoms with E-state index in [-0.39, 0.29) is 19.4 Å². The minimum Gasteiger partial charge on any atom is -0.481 e. The van der Waals surface area contributed by atoms with E-state index in [1.807, 2.05) is 37.3 Å². The fourth-order valence-electron chi connectivity index (χ4n) is 2.39. The molecule has 6 nitrogen and oxygen atoms in total. The van der Waals surface area contributed by atoms with Gasteiger partial charge in [-0.15, -0.1) is 11.3 Å². The van der Waals surface area contributed by atoms with E-state index in [1.165, 1.54) is 11.3 Å². The highest BCUT2D eigenvalue weighted by atomic mass is 32.1. The molecule has 0 aliphatic rings. The summed E-state index contributed by atoms with van der Waals surface area (Å²) < 4.78 is 5.15. The van der Waals surface area contributed by atoms with Crippen molar-refractivity contribution in [1.82, 2.24) is 0 Å². The molecule has 132 valence electrons. The summed E-state index contributed by atoms with van der Waals surface area (Å²) in [4.78, 5) is 35.9. The minimum absolute atomic E-state index is 0.158. The van der Waals surface area contributed by atoms with Crippen LogP contribution in [0.2, 0.25) is 0 Å². The van der Waals surface area contributed by atoms with Gasteiger partial charge in [-0.3, -0.25) is 9.59 Å². The zero-order valence-corrected chi connectivity index (χ0v) is 14.8. The van der Waals surface area contributed by atoms with E-state index in [4.69, 9.17) is 9.84 Å². The molecule has 1 aromatic carbocycles. The number of carboxylic acid groups (broad SMARTS) is 1. The Balaban J connectivity index is 2.41. The third-order valence-electron chi connectivity index (χ3n) is 3.45. The van der Waals surface area contributed by atoms with Gasteiger partial charge in [-0.05, 0) is 19.4 Å². The summed E-state index contributed by atoms with van der Waals surface area (Å²) in [5.41, 5.74) is 1.88. The molecule has 0 aliphatic heterocycles. The van der Waals surface area contributed by atoms with Crippen LogP contribution in [0.1, 0.15) is 35.0 Å². The molecule has 7 heteroatoms. The van der Waals surface area contributed by atoms with Gasteiger partial charge in [-0.1, -0.05) is 30.3 Å². The smallest absolute Gasteiger partial charge is 0.341 e. The lowest BCUT2D eigenvalue weighted by Crippen LogP contribution is -2.15. The highest BCUT2D eigenvalue weighted by Crippen LogP contribution is 2.40. The summed E-state index contributed by atoms with van der Waals surface area (Å²) >= 11 is 1.27. The number of ether oxygens (including phenoxy) is 1. The van der Waals surface area contributed by atoms with Crippen LogP contribution in [0.4, 0.5) is 5.00 Å². The summed E-state index contributed by atoms with van der Waals surface area (Å²) in [5, 5.41) is 11.7. The van der Waals surface area contributed by atoms with E-state index >= 15 is 0 Å². The van der Waals surface area contributed by atoms with Gasteiger partial charge < -0.3 is 15.2 Å². The number of anilines is 1. The number of carboxylic acids is 1. The fraction of sp³-hybridized carbons (Fsp3) is 0.278. The third-order valence-corrected chi connectivity index (χ3v) is 4.47. The number of esters is 1. The van der Waals surface area contributed by atoms with Crippen molar-refractivity contribution in [3.05, 3.63) is 40.8 Å². The second-order valence-electron chi connectivity index (χ2n) is 5.27. The van der Waals surface area contributed by atoms with Crippen LogP contribution in [0.15, 0.2) is 30.3 Å². The van der Waals surface area contributed by atoms with Crippen LogP contribution in [0.25, 0.3) is 11.1 Å². The molecule has 0 saturated heterocycles. The lowest BCUT2D eigenvalue weighted by atomic mass is 10.0. The van der Waals surface area contributed by atoms with E-state index in [9.17, 15) is 14.4 Å². The molecule has 0 bridgehead atoms. The second-order valence-corrected chi connectivity index (χ2v) is 6.49. The van der Waals surface area contributed by atoms with Crippen molar-refractivity contribution in [2.75, 3.05) is 11.9 Å². The number of hydrogen-bond acceptors (Lipinski definition) is 5. The van der Waals surface area contributed by atoms with Gasteiger partial charge in [-0.2, -0.15) is 0 Å². The largest absolute Gasteiger partial charge is 0.481 e. The maximum absolute atomic E-state index is 12.5. The Morgan fingerprint density at radius 2 is 1.84 bits per heavy atom. The van der Waals surface area contributed by atoms with Crippen LogP contribution in [0, 0.1) is 6.92 Å². The molecule has 2 rings (SSSR count). The Hall–Kier alpha value is -2.67. The highest BCUT2D eigenvalue weighted by molar-refractivity contribution is 7.17. The summed E-state index contributed by atoms with van der Waals surface area (Å²) in [6.07, 6.45) is -0.425. The van der Waals surface area contributed by atoms with Crippen molar-refractivity contribution in [2.24, 2.45) is 0 Å². The van der Waals surface area contributed by atoms with Crippen molar-refractivity contribution in [1.29, 1.82) is 0 Å². The average Bonchev–Trinajstić information content (AvgIpc) is 2.90. The van der Waals surface area contributed by atoms with Gasteiger partial charge in [0.1, 0.15) is 10.6 Å². The quantitative estimate of drug-likeness (QED) is 0.734. The Morgan fingerprint density at radius 3 is 2.44 bits per heavy atom. The Morgan fingerprint density at radius 1 is 1.16 bits per heavy atom. The standard InChI is InChI=1S/C18H19NO5S/c1-3-24-18(23)16-15(12-7-5-4-6-8-12)11(2)25-17(16)19-13(20)9-10-14(21)22/h4-8H,3,9-10H2,1-2H3,(H,19,20)(H,21,22). The van der Waals surface area contributed by atoms with Gasteiger partial charge in [0.15, 0.2) is 0 Å². The van der Waals surface area contributed by atoms with Crippen molar-refractivity contribution in [2.45, 2.75) is 26.7 Å². The van der Waals surface area contributed by atoms with Crippen LogP contribution in [0.3, 0.4) is 0 Å². The summed E-state index contributed by atoms with van der Waals surface area (Å²) in [6, 6.07) is 9.38. The molecule has 0 unspecified atom stereocenters. The van der Waals surface area contributed by atoms with Crippen LogP contribution in [0.5, 0.6) is 0 Å². The molecular weight excluding hydrogens is 342 g/mol. The van der Waals surface area contributed by atoms with Gasteiger partial charge in [0.25, 0.3) is 0 Å². The molecule has 2 aromatic rings. The molecule has 0 saturated carbocycles. The number of benzene rings is 1. The van der Waals surface area contributed by atoms with E-state index in [2.05, 4.69) is 5.32 Å². The van der Waals surface area contributed by atoms with Gasteiger partial charge in [-0.25, -0.2) is 4.79 Å². The third kappa shape index (κ3) is 4.67. The zero-order chi connectivity index (χ0) is 18.4. The summed E-state index contributed by atoms with van der Waals surface area (Å²) in [7, 11) is 0. The van der Waals surface area contributed by atoms with E-state index in [0.29, 0.717) is 10.6 Å². The van der Waals surface area contributed by atoms with Crippen LogP contribution in [-0.2, 0) is 14.3 Å². The van der Waals surface area contributed by atoms with E-state index in [1.54, 1.807) is 6.92 Å². The molecule has 1 aromatic heterocycles. The van der Waals surface area contributed by atoms with E-state index < -0.39 is 17.8 Å². The maximum Gasteiger partial charge on any atom is 0.341 e. The zero-order valence-electron chi connectivity index (χ0n) is 14.0. The fourth-order valence-corrected chi connectivity index (χ4v) is 3.47. The first kappa shape index (κ1) is 18.7. The molecule has 2 N–H and O–H groups in total. The molecule has 0 fully saturated rings. The lowest BCUT2D eigenvalue weighted by molar-refractivity contribution is -0.138. The Labute approximate surface area is 149 Å². The van der Waals surface area contributed by atoms with Gasteiger partial charge in [0.2, 0.25) is 5.91 Å². The molecule has 25 heavy (non-hydrogen) atoms. The number of aryl methyl sites for hydroxylation is 1. The number of hydrogen-bond donors (Lipinski definition) is 2. The highest BCUT2D eigenvalue weighted by Gasteiger charge is 2.25. The van der Waals surface area contributed by atoms with Crippen molar-refractivity contribution in [3.8, 4) is 11.1 Å². The molecule has 1 heterocycles. The van der Waals surface area contributed by atoms with Crippen LogP contribution >= 0.6 is 11.3 Å². The number of carbonyl (C=O) groups excluding carboxylic acids is 2. The van der Waals surface area contributed by atoms with Crippen molar-refractivity contribution >= 4 is 34.2 Å². The molecular formula is C18H19NO5S. The normalized spacial score (nSPS) is 10.3. The van der Waals surface area contributed by atoms with Crippen molar-refractivity contribution < 1.29 is 24.2 Å². The Bertz CT molecular complexity index is 782. The minimum atomic E-state index is -1.05. The molecule has 0 spiro atoms. The van der Waals surface area contributed by atoms with Gasteiger partial charge >= 0.3 is 11.9 Å². The SMILES string of the molecule is CCOC(=O)c1c(NC(=O)CCC(=O)O)sc(C)c1-c1ccccc1. The van der Waals surface area contributed by atoms with Gasteiger partial charge in [0, 0.05) is 16.9 Å². The number of nitrogens with one attached hydrogen (secondary N) is 1. The van der Waals surface area contributed by atoms with Crippen LogP contribution in [-0.4, -0.2) is 29.6 Å². The number of amides is 1. The maximum atomic E-state index is 12.5. The molecule has 1 amide bonds. The molecule has 0 aliphatic carbocycles. The monoisotopic (exact) mass is 361 g/mol. The first-order valence-corrected chi connectivity index (χ1v) is 8.63. The topological polar surface area (TPSA) is 92.7 Å². The second kappa shape index (κ2) is 8.43. The van der Waals surface area contributed by atoms with Crippen molar-refractivity contribution in [3.63, 3.8) is 0 Å². The molecule has 0 atom stereocenters. The van der Waals surface area contributed by atoms with Crippen LogP contribution < -0.4 is 5.32 Å². The first-order valence-electron chi connectivity index (χ1n) is 7.81. The first-order chi connectivity index (χ1) is 11.9. The number of carbonyl (C=O) groups is 3. The number of thiophene rings is 1. The summed E-state index contributed by atoms with van der Waals surface area (Å²) in [5.74, 6) is -2.01.